The fourth-order valence-corrected chi connectivity index (χ4v) is 2.80. The van der Waals surface area contributed by atoms with E-state index in [1.807, 2.05) is 0 Å². The van der Waals surface area contributed by atoms with E-state index >= 15 is 0 Å². The highest BCUT2D eigenvalue weighted by atomic mass is 28.3. The standard InChI is InChI=1S/C14H20F3N3OSi/c1-22(2,3)5-4-21-9-20-8-19-13-11(14(15,16)17)6-10(18)7-12(13)20/h6-8H,4-5,9,18H2,1-3H3. The van der Waals surface area contributed by atoms with Gasteiger partial charge in [-0.2, -0.15) is 13.2 Å². The zero-order valence-electron chi connectivity index (χ0n) is 12.9. The van der Waals surface area contributed by atoms with Gasteiger partial charge in [-0.1, -0.05) is 19.6 Å². The van der Waals surface area contributed by atoms with Gasteiger partial charge in [0.1, 0.15) is 12.2 Å². The molecule has 0 aliphatic heterocycles. The average Bonchev–Trinajstić information content (AvgIpc) is 2.74. The molecular formula is C14H20F3N3OSi. The van der Waals surface area contributed by atoms with Crippen molar-refractivity contribution in [2.45, 2.75) is 38.6 Å². The molecule has 0 aliphatic rings. The number of alkyl halides is 3. The number of ether oxygens (including phenoxy) is 1. The zero-order valence-corrected chi connectivity index (χ0v) is 13.9. The van der Waals surface area contributed by atoms with Crippen molar-refractivity contribution in [2.24, 2.45) is 0 Å². The highest BCUT2D eigenvalue weighted by molar-refractivity contribution is 6.76. The van der Waals surface area contributed by atoms with Crippen molar-refractivity contribution in [2.75, 3.05) is 12.3 Å². The molecular weight excluding hydrogens is 311 g/mol. The van der Waals surface area contributed by atoms with Crippen molar-refractivity contribution in [1.29, 1.82) is 0 Å². The van der Waals surface area contributed by atoms with Crippen LogP contribution in [-0.2, 0) is 17.6 Å². The molecule has 8 heteroatoms. The summed E-state index contributed by atoms with van der Waals surface area (Å²) in [5.74, 6) is 0. The fourth-order valence-electron chi connectivity index (χ4n) is 2.05. The smallest absolute Gasteiger partial charge is 0.399 e. The summed E-state index contributed by atoms with van der Waals surface area (Å²) in [6, 6.07) is 3.39. The molecule has 4 nitrogen and oxygen atoms in total. The van der Waals surface area contributed by atoms with Crippen molar-refractivity contribution < 1.29 is 17.9 Å². The van der Waals surface area contributed by atoms with Crippen molar-refractivity contribution in [3.05, 3.63) is 24.0 Å². The summed E-state index contributed by atoms with van der Waals surface area (Å²) in [5, 5.41) is 0. The van der Waals surface area contributed by atoms with Gasteiger partial charge in [0.2, 0.25) is 0 Å². The van der Waals surface area contributed by atoms with E-state index < -0.39 is 19.8 Å². The van der Waals surface area contributed by atoms with Crippen molar-refractivity contribution in [1.82, 2.24) is 9.55 Å². The van der Waals surface area contributed by atoms with Crippen LogP contribution in [0.5, 0.6) is 0 Å². The largest absolute Gasteiger partial charge is 0.418 e. The van der Waals surface area contributed by atoms with Gasteiger partial charge in [-0.05, 0) is 18.2 Å². The van der Waals surface area contributed by atoms with Gasteiger partial charge in [0.25, 0.3) is 0 Å². The van der Waals surface area contributed by atoms with Crippen LogP contribution in [0.2, 0.25) is 25.7 Å². The number of nitrogens with zero attached hydrogens (tertiary/aromatic N) is 2. The van der Waals surface area contributed by atoms with Gasteiger partial charge in [0.15, 0.2) is 0 Å². The van der Waals surface area contributed by atoms with Gasteiger partial charge in [-0.3, -0.25) is 0 Å². The molecule has 2 rings (SSSR count). The van der Waals surface area contributed by atoms with Crippen LogP contribution in [0.25, 0.3) is 11.0 Å². The number of nitrogens with two attached hydrogens (primary N) is 1. The molecule has 1 aromatic carbocycles. The van der Waals surface area contributed by atoms with Crippen LogP contribution in [0.4, 0.5) is 18.9 Å². The molecule has 0 unspecified atom stereocenters. The lowest BCUT2D eigenvalue weighted by Crippen LogP contribution is -2.22. The number of benzene rings is 1. The Hall–Kier alpha value is -1.54. The van der Waals surface area contributed by atoms with Crippen LogP contribution in [0.1, 0.15) is 5.56 Å². The van der Waals surface area contributed by atoms with E-state index in [-0.39, 0.29) is 17.9 Å². The van der Waals surface area contributed by atoms with Gasteiger partial charge >= 0.3 is 6.18 Å². The lowest BCUT2D eigenvalue weighted by Gasteiger charge is -2.15. The van der Waals surface area contributed by atoms with Crippen molar-refractivity contribution in [3.63, 3.8) is 0 Å². The first-order chi connectivity index (χ1) is 10.1. The lowest BCUT2D eigenvalue weighted by molar-refractivity contribution is -0.136. The number of anilines is 1. The maximum atomic E-state index is 13.0. The molecule has 0 fully saturated rings. The van der Waals surface area contributed by atoms with Gasteiger partial charge in [-0.15, -0.1) is 0 Å². The van der Waals surface area contributed by atoms with Crippen LogP contribution in [-0.4, -0.2) is 24.2 Å². The molecule has 0 saturated carbocycles. The zero-order chi connectivity index (χ0) is 16.5. The molecule has 2 aromatic rings. The predicted octanol–water partition coefficient (Wildman–Crippen LogP) is 3.95. The van der Waals surface area contributed by atoms with E-state index in [0.29, 0.717) is 12.1 Å². The summed E-state index contributed by atoms with van der Waals surface area (Å²) in [6.45, 7) is 7.46. The first-order valence-corrected chi connectivity index (χ1v) is 10.7. The third kappa shape index (κ3) is 4.01. The third-order valence-corrected chi connectivity index (χ3v) is 4.98. The Morgan fingerprint density at radius 3 is 2.55 bits per heavy atom. The predicted molar refractivity (Wildman–Crippen MR) is 83.3 cm³/mol. The first kappa shape index (κ1) is 16.8. The van der Waals surface area contributed by atoms with E-state index in [1.165, 1.54) is 12.4 Å². The monoisotopic (exact) mass is 331 g/mol. The average molecular weight is 331 g/mol. The maximum Gasteiger partial charge on any atom is 0.418 e. The van der Waals surface area contributed by atoms with Crippen LogP contribution in [0.3, 0.4) is 0 Å². The van der Waals surface area contributed by atoms with E-state index in [0.717, 1.165) is 12.1 Å². The molecule has 2 N–H and O–H groups in total. The van der Waals surface area contributed by atoms with E-state index in [4.69, 9.17) is 10.5 Å². The van der Waals surface area contributed by atoms with Crippen LogP contribution >= 0.6 is 0 Å². The molecule has 0 saturated heterocycles. The number of hydrogen-bond acceptors (Lipinski definition) is 3. The normalized spacial score (nSPS) is 13.0. The second-order valence-electron chi connectivity index (χ2n) is 6.50. The molecule has 0 bridgehead atoms. The highest BCUT2D eigenvalue weighted by Gasteiger charge is 2.34. The SMILES string of the molecule is C[Si](C)(C)CCOCn1cnc2c(C(F)(F)F)cc(N)cc21. The Morgan fingerprint density at radius 2 is 1.95 bits per heavy atom. The number of imidazole rings is 1. The Labute approximate surface area is 128 Å². The second kappa shape index (κ2) is 5.92. The quantitative estimate of drug-likeness (QED) is 0.513. The van der Waals surface area contributed by atoms with Crippen molar-refractivity contribution in [3.8, 4) is 0 Å². The maximum absolute atomic E-state index is 13.0. The Bertz CT molecular complexity index is 662. The van der Waals surface area contributed by atoms with Gasteiger partial charge in [0, 0.05) is 20.4 Å². The summed E-state index contributed by atoms with van der Waals surface area (Å²) in [6.07, 6.45) is -3.13. The fraction of sp³-hybridized carbons (Fsp3) is 0.500. The first-order valence-electron chi connectivity index (χ1n) is 6.97. The summed E-state index contributed by atoms with van der Waals surface area (Å²) >= 11 is 0. The Kier molecular flexibility index (Phi) is 4.53. The molecule has 0 atom stereocenters. The van der Waals surface area contributed by atoms with E-state index in [2.05, 4.69) is 24.6 Å². The van der Waals surface area contributed by atoms with E-state index in [1.54, 1.807) is 4.57 Å². The second-order valence-corrected chi connectivity index (χ2v) is 12.1. The van der Waals surface area contributed by atoms with Gasteiger partial charge in [0.05, 0.1) is 17.4 Å². The highest BCUT2D eigenvalue weighted by Crippen LogP contribution is 2.35. The Morgan fingerprint density at radius 1 is 1.27 bits per heavy atom. The molecule has 0 aliphatic carbocycles. The number of nitrogen functional groups attached to an aromatic ring is 1. The van der Waals surface area contributed by atoms with Gasteiger partial charge in [-0.25, -0.2) is 4.98 Å². The number of fused-ring (bicyclic) bond motifs is 1. The molecule has 0 spiro atoms. The summed E-state index contributed by atoms with van der Waals surface area (Å²) in [5.41, 5.74) is 5.06. The Balaban J connectivity index is 2.21. The number of rotatable bonds is 5. The minimum Gasteiger partial charge on any atom is -0.399 e. The number of aromatic nitrogens is 2. The summed E-state index contributed by atoms with van der Waals surface area (Å²) in [7, 11) is -1.19. The van der Waals surface area contributed by atoms with E-state index in [9.17, 15) is 13.2 Å². The van der Waals surface area contributed by atoms with Crippen molar-refractivity contribution >= 4 is 24.8 Å². The number of halogens is 3. The molecule has 22 heavy (non-hydrogen) atoms. The minimum absolute atomic E-state index is 0.0590. The van der Waals surface area contributed by atoms with Gasteiger partial charge < -0.3 is 15.0 Å². The third-order valence-electron chi connectivity index (χ3n) is 3.28. The molecule has 0 radical (unpaired) electrons. The molecule has 122 valence electrons. The minimum atomic E-state index is -4.48. The summed E-state index contributed by atoms with van der Waals surface area (Å²) < 4.78 is 46.2. The van der Waals surface area contributed by atoms with Crippen LogP contribution < -0.4 is 5.73 Å². The lowest BCUT2D eigenvalue weighted by atomic mass is 10.1. The molecule has 1 aromatic heterocycles. The number of hydrogen-bond donors (Lipinski definition) is 1. The van der Waals surface area contributed by atoms with Crippen LogP contribution in [0, 0.1) is 0 Å². The molecule has 0 amide bonds. The molecule has 1 heterocycles. The topological polar surface area (TPSA) is 53.1 Å². The van der Waals surface area contributed by atoms with Crippen LogP contribution in [0.15, 0.2) is 18.5 Å². The summed E-state index contributed by atoms with van der Waals surface area (Å²) in [4.78, 5) is 3.87.